The molecule has 0 bridgehead atoms. The van der Waals surface area contributed by atoms with E-state index in [-0.39, 0.29) is 37.0 Å². The first-order chi connectivity index (χ1) is 15.5. The minimum Gasteiger partial charge on any atom is -0.467 e. The lowest BCUT2D eigenvalue weighted by Crippen LogP contribution is -2.39. The zero-order chi connectivity index (χ0) is 22.8. The Balaban J connectivity index is 1.69. The molecule has 0 aliphatic rings. The highest BCUT2D eigenvalue weighted by atomic mass is 16.3. The maximum Gasteiger partial charge on any atom is 0.274 e. The van der Waals surface area contributed by atoms with Crippen molar-refractivity contribution in [2.45, 2.75) is 19.5 Å². The van der Waals surface area contributed by atoms with Gasteiger partial charge in [0.1, 0.15) is 11.5 Å². The van der Waals surface area contributed by atoms with E-state index < -0.39 is 0 Å². The van der Waals surface area contributed by atoms with Crippen molar-refractivity contribution in [3.05, 3.63) is 84.3 Å². The van der Waals surface area contributed by atoms with E-state index in [4.69, 9.17) is 4.42 Å². The molecule has 0 aliphatic carbocycles. The van der Waals surface area contributed by atoms with E-state index in [1.807, 2.05) is 54.2 Å². The van der Waals surface area contributed by atoms with Crippen molar-refractivity contribution >= 4 is 11.8 Å². The Morgan fingerprint density at radius 1 is 0.906 bits per heavy atom. The first-order valence-corrected chi connectivity index (χ1v) is 10.6. The van der Waals surface area contributed by atoms with Crippen molar-refractivity contribution in [1.82, 2.24) is 24.7 Å². The average Bonchev–Trinajstić information content (AvgIpc) is 3.33. The molecule has 1 aromatic carbocycles. The van der Waals surface area contributed by atoms with Crippen LogP contribution in [0.5, 0.6) is 0 Å². The Bertz CT molecular complexity index is 962. The van der Waals surface area contributed by atoms with Crippen LogP contribution in [0.4, 0.5) is 0 Å². The molecule has 32 heavy (non-hydrogen) atoms. The van der Waals surface area contributed by atoms with Crippen LogP contribution in [0.15, 0.2) is 71.7 Å². The van der Waals surface area contributed by atoms with Crippen LogP contribution in [0, 0.1) is 0 Å². The van der Waals surface area contributed by atoms with Crippen LogP contribution in [0.25, 0.3) is 0 Å². The third-order valence-electron chi connectivity index (χ3n) is 4.98. The molecule has 8 nitrogen and oxygen atoms in total. The van der Waals surface area contributed by atoms with Gasteiger partial charge >= 0.3 is 0 Å². The second kappa shape index (κ2) is 11.8. The van der Waals surface area contributed by atoms with Crippen molar-refractivity contribution in [2.75, 3.05) is 33.7 Å². The summed E-state index contributed by atoms with van der Waals surface area (Å²) in [6.45, 7) is 2.41. The smallest absolute Gasteiger partial charge is 0.274 e. The predicted molar refractivity (Wildman–Crippen MR) is 121 cm³/mol. The van der Waals surface area contributed by atoms with E-state index in [2.05, 4.69) is 9.97 Å². The molecule has 0 spiro atoms. The summed E-state index contributed by atoms with van der Waals surface area (Å²) in [6.07, 6.45) is 6.19. The van der Waals surface area contributed by atoms with Gasteiger partial charge in [0.15, 0.2) is 0 Å². The monoisotopic (exact) mass is 435 g/mol. The Morgan fingerprint density at radius 3 is 2.38 bits per heavy atom. The topological polar surface area (TPSA) is 82.8 Å². The van der Waals surface area contributed by atoms with Crippen LogP contribution in [0.2, 0.25) is 0 Å². The molecule has 8 heteroatoms. The van der Waals surface area contributed by atoms with Gasteiger partial charge in [-0.3, -0.25) is 14.6 Å². The number of furan rings is 1. The minimum absolute atomic E-state index is 0.00732. The van der Waals surface area contributed by atoms with Crippen molar-refractivity contribution in [3.63, 3.8) is 0 Å². The van der Waals surface area contributed by atoms with Gasteiger partial charge in [-0.25, -0.2) is 4.98 Å². The zero-order valence-electron chi connectivity index (χ0n) is 18.6. The molecule has 0 saturated heterocycles. The maximum atomic E-state index is 13.1. The van der Waals surface area contributed by atoms with Gasteiger partial charge in [-0.15, -0.1) is 0 Å². The molecule has 0 radical (unpaired) electrons. The number of hydrogen-bond donors (Lipinski definition) is 0. The van der Waals surface area contributed by atoms with E-state index in [1.165, 1.54) is 18.6 Å². The van der Waals surface area contributed by atoms with E-state index in [0.29, 0.717) is 18.8 Å². The number of hydrogen-bond acceptors (Lipinski definition) is 6. The number of likely N-dealkylation sites (N-methyl/N-ethyl adjacent to an activating group) is 1. The molecule has 0 aliphatic heterocycles. The first kappa shape index (κ1) is 23.1. The molecular formula is C24H29N5O3. The predicted octanol–water partition coefficient (Wildman–Crippen LogP) is 2.69. The van der Waals surface area contributed by atoms with Crippen LogP contribution in [-0.2, 0) is 17.9 Å². The van der Waals surface area contributed by atoms with Gasteiger partial charge < -0.3 is 19.1 Å². The van der Waals surface area contributed by atoms with Crippen LogP contribution >= 0.6 is 0 Å². The van der Waals surface area contributed by atoms with E-state index in [0.717, 1.165) is 12.1 Å². The molecule has 2 heterocycles. The Kier molecular flexibility index (Phi) is 8.51. The number of nitrogens with zero attached hydrogens (tertiary/aromatic N) is 5. The van der Waals surface area contributed by atoms with Gasteiger partial charge in [-0.1, -0.05) is 30.3 Å². The van der Waals surface area contributed by atoms with Crippen molar-refractivity contribution < 1.29 is 14.0 Å². The quantitative estimate of drug-likeness (QED) is 0.461. The van der Waals surface area contributed by atoms with Crippen molar-refractivity contribution in [2.24, 2.45) is 0 Å². The molecular weight excluding hydrogens is 406 g/mol. The maximum absolute atomic E-state index is 13.1. The third kappa shape index (κ3) is 7.02. The lowest BCUT2D eigenvalue weighted by molar-refractivity contribution is -0.132. The summed E-state index contributed by atoms with van der Waals surface area (Å²) < 4.78 is 5.42. The summed E-state index contributed by atoms with van der Waals surface area (Å²) in [5, 5.41) is 0. The molecule has 0 saturated carbocycles. The summed E-state index contributed by atoms with van der Waals surface area (Å²) in [4.78, 5) is 39.7. The summed E-state index contributed by atoms with van der Waals surface area (Å²) >= 11 is 0. The summed E-state index contributed by atoms with van der Waals surface area (Å²) in [7, 11) is 3.96. The zero-order valence-corrected chi connectivity index (χ0v) is 18.6. The van der Waals surface area contributed by atoms with Gasteiger partial charge in [-0.05, 0) is 31.8 Å². The Hall–Kier alpha value is -3.52. The number of carbonyl (C=O) groups excluding carboxylic acids is 2. The number of rotatable bonds is 11. The lowest BCUT2D eigenvalue weighted by atomic mass is 10.2. The van der Waals surface area contributed by atoms with Crippen molar-refractivity contribution in [1.29, 1.82) is 0 Å². The fourth-order valence-corrected chi connectivity index (χ4v) is 3.22. The SMILES string of the molecule is CN(C)CCN(Cc1ccccc1)C(=O)CCN(Cc1ccco1)C(=O)c1cnccn1. The first-order valence-electron chi connectivity index (χ1n) is 10.6. The standard InChI is InChI=1S/C24H29N5O3/c1-27(2)14-15-28(18-20-7-4-3-5-8-20)23(30)10-13-29(19-21-9-6-16-32-21)24(31)22-17-25-11-12-26-22/h3-9,11-12,16-17H,10,13-15,18-19H2,1-2H3. The van der Waals surface area contributed by atoms with Crippen LogP contribution in [0.1, 0.15) is 28.2 Å². The molecule has 0 unspecified atom stereocenters. The van der Waals surface area contributed by atoms with Crippen LogP contribution < -0.4 is 0 Å². The number of aromatic nitrogens is 2. The van der Waals surface area contributed by atoms with Crippen molar-refractivity contribution in [3.8, 4) is 0 Å². The second-order valence-corrected chi connectivity index (χ2v) is 7.75. The highest BCUT2D eigenvalue weighted by molar-refractivity contribution is 5.92. The number of amides is 2. The van der Waals surface area contributed by atoms with E-state index in [1.54, 1.807) is 23.3 Å². The lowest BCUT2D eigenvalue weighted by Gasteiger charge is -2.27. The molecule has 2 aromatic heterocycles. The molecule has 0 N–H and O–H groups in total. The van der Waals surface area contributed by atoms with E-state index in [9.17, 15) is 9.59 Å². The Morgan fingerprint density at radius 2 is 1.72 bits per heavy atom. The fourth-order valence-electron chi connectivity index (χ4n) is 3.22. The van der Waals surface area contributed by atoms with Gasteiger partial charge in [0, 0.05) is 45.0 Å². The fraction of sp³-hybridized carbons (Fsp3) is 0.333. The molecule has 2 amide bonds. The van der Waals surface area contributed by atoms with Gasteiger partial charge in [0.25, 0.3) is 5.91 Å². The molecule has 168 valence electrons. The number of carbonyl (C=O) groups is 2. The molecule has 0 fully saturated rings. The third-order valence-corrected chi connectivity index (χ3v) is 4.98. The summed E-state index contributed by atoms with van der Waals surface area (Å²) in [5.41, 5.74) is 1.31. The van der Waals surface area contributed by atoms with Crippen LogP contribution in [-0.4, -0.2) is 70.2 Å². The largest absolute Gasteiger partial charge is 0.467 e. The highest BCUT2D eigenvalue weighted by Crippen LogP contribution is 2.12. The van der Waals surface area contributed by atoms with Crippen LogP contribution in [0.3, 0.4) is 0 Å². The molecule has 0 atom stereocenters. The second-order valence-electron chi connectivity index (χ2n) is 7.75. The van der Waals surface area contributed by atoms with Gasteiger partial charge in [0.2, 0.25) is 5.91 Å². The summed E-state index contributed by atoms with van der Waals surface area (Å²) in [6, 6.07) is 13.5. The summed E-state index contributed by atoms with van der Waals surface area (Å²) in [5.74, 6) is 0.348. The number of benzene rings is 1. The van der Waals surface area contributed by atoms with Gasteiger partial charge in [-0.2, -0.15) is 0 Å². The molecule has 3 rings (SSSR count). The van der Waals surface area contributed by atoms with Gasteiger partial charge in [0.05, 0.1) is 19.0 Å². The van der Waals surface area contributed by atoms with E-state index >= 15 is 0 Å². The average molecular weight is 436 g/mol. The highest BCUT2D eigenvalue weighted by Gasteiger charge is 2.22. The minimum atomic E-state index is -0.287. The Labute approximate surface area is 188 Å². The normalized spacial score (nSPS) is 10.8. The molecule has 3 aromatic rings.